The highest BCUT2D eigenvalue weighted by atomic mass is 32.2. The number of nitrogens with zero attached hydrogens (tertiary/aromatic N) is 2. The number of aliphatic hydroxyl groups excluding tert-OH is 1. The Morgan fingerprint density at radius 3 is 2.33 bits per heavy atom. The van der Waals surface area contributed by atoms with Gasteiger partial charge in [-0.25, -0.2) is 9.97 Å². The van der Waals surface area contributed by atoms with Crippen LogP contribution in [0.3, 0.4) is 0 Å². The third-order valence-corrected chi connectivity index (χ3v) is 3.23. The predicted molar refractivity (Wildman–Crippen MR) is 76.0 cm³/mol. The van der Waals surface area contributed by atoms with Crippen molar-refractivity contribution in [3.05, 3.63) is 17.5 Å². The lowest BCUT2D eigenvalue weighted by atomic mass is 10.1. The summed E-state index contributed by atoms with van der Waals surface area (Å²) in [6.45, 7) is 10.7. The molecule has 1 aromatic rings. The molecule has 102 valence electrons. The Kier molecular flexibility index (Phi) is 5.56. The lowest BCUT2D eigenvalue weighted by molar-refractivity contribution is 0.183. The molecule has 0 saturated heterocycles. The fourth-order valence-electron chi connectivity index (χ4n) is 1.41. The predicted octanol–water partition coefficient (Wildman–Crippen LogP) is 1.93. The van der Waals surface area contributed by atoms with Crippen LogP contribution in [0.1, 0.15) is 32.2 Å². The van der Waals surface area contributed by atoms with Gasteiger partial charge in [0, 0.05) is 29.2 Å². The van der Waals surface area contributed by atoms with E-state index in [1.807, 2.05) is 19.9 Å². The third-order valence-electron chi connectivity index (χ3n) is 2.23. The van der Waals surface area contributed by atoms with Gasteiger partial charge in [0.25, 0.3) is 0 Å². The van der Waals surface area contributed by atoms with E-state index >= 15 is 0 Å². The average molecular weight is 269 g/mol. The van der Waals surface area contributed by atoms with Crippen LogP contribution in [0.15, 0.2) is 11.2 Å². The molecule has 0 radical (unpaired) electrons. The molecule has 1 unspecified atom stereocenters. The monoisotopic (exact) mass is 269 g/mol. The molecule has 0 aliphatic heterocycles. The molecule has 4 nitrogen and oxygen atoms in total. The SMILES string of the molecule is Cc1cc(C)nc(SCC(O)CNC(C)(C)C)n1. The van der Waals surface area contributed by atoms with Gasteiger partial charge in [0.1, 0.15) is 0 Å². The Labute approximate surface area is 114 Å². The van der Waals surface area contributed by atoms with E-state index in [1.165, 1.54) is 11.8 Å². The minimum atomic E-state index is -0.390. The summed E-state index contributed by atoms with van der Waals surface area (Å²) in [6, 6.07) is 1.95. The zero-order valence-electron chi connectivity index (χ0n) is 11.8. The van der Waals surface area contributed by atoms with Crippen LogP contribution in [-0.2, 0) is 0 Å². The number of nitrogens with one attached hydrogen (secondary N) is 1. The van der Waals surface area contributed by atoms with E-state index < -0.39 is 6.10 Å². The van der Waals surface area contributed by atoms with Crippen molar-refractivity contribution < 1.29 is 5.11 Å². The molecule has 2 N–H and O–H groups in total. The van der Waals surface area contributed by atoms with E-state index in [0.717, 1.165) is 16.5 Å². The number of aryl methyl sites for hydroxylation is 2. The molecule has 0 bridgehead atoms. The Morgan fingerprint density at radius 1 is 1.28 bits per heavy atom. The van der Waals surface area contributed by atoms with E-state index in [1.54, 1.807) is 0 Å². The summed E-state index contributed by atoms with van der Waals surface area (Å²) in [5.41, 5.74) is 1.96. The second-order valence-corrected chi connectivity index (χ2v) is 6.52. The van der Waals surface area contributed by atoms with E-state index in [9.17, 15) is 5.11 Å². The minimum absolute atomic E-state index is 0.0298. The van der Waals surface area contributed by atoms with Crippen molar-refractivity contribution in [2.45, 2.75) is 51.4 Å². The van der Waals surface area contributed by atoms with Gasteiger partial charge in [-0.3, -0.25) is 0 Å². The molecule has 0 saturated carbocycles. The number of hydrogen-bond acceptors (Lipinski definition) is 5. The van der Waals surface area contributed by atoms with E-state index in [0.29, 0.717) is 12.3 Å². The summed E-state index contributed by atoms with van der Waals surface area (Å²) in [5, 5.41) is 13.9. The number of rotatable bonds is 5. The first-order valence-corrected chi connectivity index (χ1v) is 7.13. The van der Waals surface area contributed by atoms with E-state index in [2.05, 4.69) is 36.1 Å². The van der Waals surface area contributed by atoms with Crippen LogP contribution in [-0.4, -0.2) is 39.0 Å². The zero-order chi connectivity index (χ0) is 13.8. The maximum Gasteiger partial charge on any atom is 0.188 e. The highest BCUT2D eigenvalue weighted by Gasteiger charge is 2.13. The number of β-amino-alcohol motifs (C(OH)–C–C–N with tert-alkyl or cyclic N) is 1. The van der Waals surface area contributed by atoms with Crippen molar-refractivity contribution in [3.63, 3.8) is 0 Å². The fraction of sp³-hybridized carbons (Fsp3) is 0.692. The molecule has 5 heteroatoms. The number of hydrogen-bond donors (Lipinski definition) is 2. The summed E-state index contributed by atoms with van der Waals surface area (Å²) in [6.07, 6.45) is -0.390. The second-order valence-electron chi connectivity index (χ2n) is 5.53. The normalized spacial score (nSPS) is 13.7. The number of aromatic nitrogens is 2. The first-order valence-electron chi connectivity index (χ1n) is 6.14. The quantitative estimate of drug-likeness (QED) is 0.632. The van der Waals surface area contributed by atoms with Crippen LogP contribution in [0.4, 0.5) is 0 Å². The van der Waals surface area contributed by atoms with Crippen LogP contribution < -0.4 is 5.32 Å². The van der Waals surface area contributed by atoms with Crippen molar-refractivity contribution in [1.82, 2.24) is 15.3 Å². The molecule has 1 rings (SSSR count). The van der Waals surface area contributed by atoms with Crippen molar-refractivity contribution in [2.75, 3.05) is 12.3 Å². The molecule has 0 spiro atoms. The van der Waals surface area contributed by atoms with Crippen molar-refractivity contribution in [2.24, 2.45) is 0 Å². The van der Waals surface area contributed by atoms with Crippen LogP contribution in [0.2, 0.25) is 0 Å². The first kappa shape index (κ1) is 15.4. The summed E-state index contributed by atoms with van der Waals surface area (Å²) in [4.78, 5) is 8.67. The topological polar surface area (TPSA) is 58.0 Å². The third kappa shape index (κ3) is 6.33. The Hall–Kier alpha value is -0.650. The molecule has 1 aromatic heterocycles. The maximum absolute atomic E-state index is 9.87. The summed E-state index contributed by atoms with van der Waals surface area (Å²) < 4.78 is 0. The van der Waals surface area contributed by atoms with Gasteiger partial charge in [-0.05, 0) is 40.7 Å². The lowest BCUT2D eigenvalue weighted by Gasteiger charge is -2.22. The van der Waals surface area contributed by atoms with Gasteiger partial charge in [-0.2, -0.15) is 0 Å². The molecule has 0 amide bonds. The Morgan fingerprint density at radius 2 is 1.83 bits per heavy atom. The van der Waals surface area contributed by atoms with Gasteiger partial charge in [0.2, 0.25) is 0 Å². The van der Waals surface area contributed by atoms with Gasteiger partial charge < -0.3 is 10.4 Å². The van der Waals surface area contributed by atoms with Crippen LogP contribution in [0.25, 0.3) is 0 Å². The molecule has 1 atom stereocenters. The van der Waals surface area contributed by atoms with Crippen LogP contribution in [0.5, 0.6) is 0 Å². The molecule has 0 fully saturated rings. The van der Waals surface area contributed by atoms with Crippen molar-refractivity contribution >= 4 is 11.8 Å². The molecule has 18 heavy (non-hydrogen) atoms. The van der Waals surface area contributed by atoms with E-state index in [-0.39, 0.29) is 5.54 Å². The van der Waals surface area contributed by atoms with Gasteiger partial charge in [0.15, 0.2) is 5.16 Å². The Bertz CT molecular complexity index is 370. The van der Waals surface area contributed by atoms with Gasteiger partial charge in [-0.1, -0.05) is 11.8 Å². The summed E-state index contributed by atoms with van der Waals surface area (Å²) >= 11 is 1.50. The summed E-state index contributed by atoms with van der Waals surface area (Å²) in [5.74, 6) is 0.603. The van der Waals surface area contributed by atoms with Crippen molar-refractivity contribution in [3.8, 4) is 0 Å². The fourth-order valence-corrected chi connectivity index (χ4v) is 2.29. The molecule has 0 aromatic carbocycles. The van der Waals surface area contributed by atoms with Crippen molar-refractivity contribution in [1.29, 1.82) is 0 Å². The number of aliphatic hydroxyl groups is 1. The van der Waals surface area contributed by atoms with Gasteiger partial charge in [-0.15, -0.1) is 0 Å². The highest BCUT2D eigenvalue weighted by molar-refractivity contribution is 7.99. The highest BCUT2D eigenvalue weighted by Crippen LogP contribution is 2.15. The lowest BCUT2D eigenvalue weighted by Crippen LogP contribution is -2.41. The largest absolute Gasteiger partial charge is 0.391 e. The van der Waals surface area contributed by atoms with Gasteiger partial charge in [0.05, 0.1) is 6.10 Å². The van der Waals surface area contributed by atoms with Crippen LogP contribution >= 0.6 is 11.8 Å². The molecular formula is C13H23N3OS. The molecule has 0 aliphatic rings. The average Bonchev–Trinajstić information content (AvgIpc) is 2.21. The second kappa shape index (κ2) is 6.50. The smallest absolute Gasteiger partial charge is 0.188 e. The van der Waals surface area contributed by atoms with Gasteiger partial charge >= 0.3 is 0 Å². The summed E-state index contributed by atoms with van der Waals surface area (Å²) in [7, 11) is 0. The molecule has 1 heterocycles. The van der Waals surface area contributed by atoms with E-state index in [4.69, 9.17) is 0 Å². The first-order chi connectivity index (χ1) is 8.26. The molecule has 0 aliphatic carbocycles. The Balaban J connectivity index is 2.40. The number of thioether (sulfide) groups is 1. The minimum Gasteiger partial charge on any atom is -0.391 e. The van der Waals surface area contributed by atoms with Crippen LogP contribution in [0, 0.1) is 13.8 Å². The zero-order valence-corrected chi connectivity index (χ0v) is 12.6. The standard InChI is InChI=1S/C13H23N3OS/c1-9-6-10(2)16-12(15-9)18-8-11(17)7-14-13(3,4)5/h6,11,14,17H,7-8H2,1-5H3. The maximum atomic E-state index is 9.87. The molecular weight excluding hydrogens is 246 g/mol.